The average Bonchev–Trinajstić information content (AvgIpc) is 2.65. The van der Waals surface area contributed by atoms with E-state index in [-0.39, 0.29) is 17.6 Å². The first-order valence-corrected chi connectivity index (χ1v) is 9.76. The van der Waals surface area contributed by atoms with E-state index in [1.54, 1.807) is 4.90 Å². The van der Waals surface area contributed by atoms with Gasteiger partial charge in [0.05, 0.1) is 5.69 Å². The molecule has 4 heteroatoms. The quantitative estimate of drug-likeness (QED) is 0.692. The number of anilines is 1. The number of nitrogens with zero attached hydrogens (tertiary/aromatic N) is 1. The zero-order valence-electron chi connectivity index (χ0n) is 15.6. The van der Waals surface area contributed by atoms with E-state index < -0.39 is 0 Å². The van der Waals surface area contributed by atoms with Crippen LogP contribution in [0, 0.1) is 13.8 Å². The summed E-state index contributed by atoms with van der Waals surface area (Å²) in [6.07, 6.45) is 2.38. The number of rotatable bonds is 2. The van der Waals surface area contributed by atoms with Gasteiger partial charge in [-0.1, -0.05) is 47.5 Å². The molecule has 0 bridgehead atoms. The molecule has 2 aromatic rings. The summed E-state index contributed by atoms with van der Waals surface area (Å²) in [7, 11) is 0. The van der Waals surface area contributed by atoms with Crippen LogP contribution in [0.4, 0.5) is 5.69 Å². The smallest absolute Gasteiger partial charge is 0.232 e. The van der Waals surface area contributed by atoms with Gasteiger partial charge in [-0.3, -0.25) is 14.5 Å². The number of carbonyl (C=O) groups is 2. The number of hydrogen-bond donors (Lipinski definition) is 0. The van der Waals surface area contributed by atoms with Crippen LogP contribution in [0.15, 0.2) is 53.7 Å². The minimum Gasteiger partial charge on any atom is -0.294 e. The molecule has 1 unspecified atom stereocenters. The van der Waals surface area contributed by atoms with E-state index in [0.29, 0.717) is 17.9 Å². The summed E-state index contributed by atoms with van der Waals surface area (Å²) in [5, 5.41) is 0.630. The maximum absolute atomic E-state index is 13.2. The van der Waals surface area contributed by atoms with E-state index in [4.69, 9.17) is 11.6 Å². The number of aryl methyl sites for hydroxylation is 1. The van der Waals surface area contributed by atoms with Gasteiger partial charge in [0.2, 0.25) is 5.91 Å². The van der Waals surface area contributed by atoms with Crippen molar-refractivity contribution in [1.82, 2.24) is 0 Å². The Hall–Kier alpha value is -2.39. The molecule has 1 aliphatic carbocycles. The molecular weight excluding hydrogens is 358 g/mol. The summed E-state index contributed by atoms with van der Waals surface area (Å²) in [6.45, 7) is 3.96. The molecule has 2 aliphatic rings. The van der Waals surface area contributed by atoms with Crippen LogP contribution in [-0.2, 0) is 9.59 Å². The van der Waals surface area contributed by atoms with Crippen molar-refractivity contribution in [3.8, 4) is 0 Å². The molecule has 0 saturated heterocycles. The number of amides is 1. The van der Waals surface area contributed by atoms with Crippen molar-refractivity contribution >= 4 is 29.0 Å². The summed E-state index contributed by atoms with van der Waals surface area (Å²) in [4.78, 5) is 27.8. The molecule has 0 aromatic heterocycles. The lowest BCUT2D eigenvalue weighted by Crippen LogP contribution is -2.40. The van der Waals surface area contributed by atoms with Gasteiger partial charge in [0.15, 0.2) is 5.78 Å². The topological polar surface area (TPSA) is 37.4 Å². The van der Waals surface area contributed by atoms with Crippen molar-refractivity contribution in [3.05, 3.63) is 75.4 Å². The Bertz CT molecular complexity index is 959. The predicted octanol–water partition coefficient (Wildman–Crippen LogP) is 5.48. The Kier molecular flexibility index (Phi) is 4.65. The maximum Gasteiger partial charge on any atom is 0.232 e. The second-order valence-electron chi connectivity index (χ2n) is 7.42. The van der Waals surface area contributed by atoms with Gasteiger partial charge in [-0.05, 0) is 49.9 Å². The van der Waals surface area contributed by atoms with E-state index >= 15 is 0 Å². The predicted molar refractivity (Wildman–Crippen MR) is 108 cm³/mol. The molecule has 2 aromatic carbocycles. The van der Waals surface area contributed by atoms with Gasteiger partial charge < -0.3 is 0 Å². The van der Waals surface area contributed by atoms with Crippen molar-refractivity contribution in [1.29, 1.82) is 0 Å². The summed E-state index contributed by atoms with van der Waals surface area (Å²) >= 11 is 6.30. The monoisotopic (exact) mass is 379 g/mol. The minimum atomic E-state index is -0.156. The van der Waals surface area contributed by atoms with Crippen LogP contribution in [0.2, 0.25) is 5.02 Å². The Morgan fingerprint density at radius 1 is 1.00 bits per heavy atom. The van der Waals surface area contributed by atoms with Crippen LogP contribution in [-0.4, -0.2) is 11.7 Å². The summed E-state index contributed by atoms with van der Waals surface area (Å²) in [6, 6.07) is 13.8. The fraction of sp³-hybridized carbons (Fsp3) is 0.304. The number of hydrogen-bond acceptors (Lipinski definition) is 2. The van der Waals surface area contributed by atoms with Crippen molar-refractivity contribution in [2.24, 2.45) is 0 Å². The highest BCUT2D eigenvalue weighted by atomic mass is 35.5. The number of Topliss-reactive ketones (excluding diaryl/α,β-unsaturated/α-hetero) is 1. The molecule has 0 N–H and O–H groups in total. The van der Waals surface area contributed by atoms with Crippen molar-refractivity contribution < 1.29 is 9.59 Å². The van der Waals surface area contributed by atoms with Crippen molar-refractivity contribution in [3.63, 3.8) is 0 Å². The Morgan fingerprint density at radius 2 is 1.74 bits per heavy atom. The van der Waals surface area contributed by atoms with E-state index in [1.165, 1.54) is 5.56 Å². The summed E-state index contributed by atoms with van der Waals surface area (Å²) in [5.74, 6) is 0.0371. The van der Waals surface area contributed by atoms with Gasteiger partial charge in [0, 0.05) is 35.1 Å². The third-order valence-corrected chi connectivity index (χ3v) is 6.04. The Balaban J connectivity index is 1.88. The highest BCUT2D eigenvalue weighted by Crippen LogP contribution is 2.44. The molecule has 1 aliphatic heterocycles. The number of ketones is 1. The zero-order valence-corrected chi connectivity index (χ0v) is 16.3. The van der Waals surface area contributed by atoms with Crippen LogP contribution in [0.3, 0.4) is 0 Å². The number of halogens is 1. The lowest BCUT2D eigenvalue weighted by molar-refractivity contribution is -0.119. The first kappa shape index (κ1) is 18.0. The van der Waals surface area contributed by atoms with Crippen LogP contribution in [0.5, 0.6) is 0 Å². The van der Waals surface area contributed by atoms with E-state index in [9.17, 15) is 9.59 Å². The molecule has 4 rings (SSSR count). The van der Waals surface area contributed by atoms with Crippen molar-refractivity contribution in [2.75, 3.05) is 4.90 Å². The lowest BCUT2D eigenvalue weighted by Gasteiger charge is -2.39. The van der Waals surface area contributed by atoms with Gasteiger partial charge in [-0.15, -0.1) is 0 Å². The Morgan fingerprint density at radius 3 is 2.48 bits per heavy atom. The fourth-order valence-corrected chi connectivity index (χ4v) is 4.36. The van der Waals surface area contributed by atoms with Crippen LogP contribution in [0.25, 0.3) is 0 Å². The van der Waals surface area contributed by atoms with E-state index in [0.717, 1.165) is 40.9 Å². The molecular formula is C23H22ClNO2. The van der Waals surface area contributed by atoms with Gasteiger partial charge in [0.1, 0.15) is 0 Å². The van der Waals surface area contributed by atoms with Gasteiger partial charge in [-0.25, -0.2) is 0 Å². The SMILES string of the molecule is Cc1ccc(C2CC(=O)N(c3cccc(Cl)c3C)C3=C2C(=O)CCC3)cc1. The molecule has 3 nitrogen and oxygen atoms in total. The maximum atomic E-state index is 13.2. The summed E-state index contributed by atoms with van der Waals surface area (Å²) < 4.78 is 0. The second kappa shape index (κ2) is 6.97. The van der Waals surface area contributed by atoms with E-state index in [1.807, 2.05) is 56.3 Å². The highest BCUT2D eigenvalue weighted by Gasteiger charge is 2.40. The minimum absolute atomic E-state index is 0.0272. The molecule has 138 valence electrons. The lowest BCUT2D eigenvalue weighted by atomic mass is 9.77. The fourth-order valence-electron chi connectivity index (χ4n) is 4.19. The molecule has 0 fully saturated rings. The third kappa shape index (κ3) is 3.10. The number of benzene rings is 2. The molecule has 0 radical (unpaired) electrons. The number of allylic oxidation sites excluding steroid dienone is 2. The normalized spacial score (nSPS) is 20.1. The molecule has 1 heterocycles. The number of carbonyl (C=O) groups excluding carboxylic acids is 2. The first-order valence-electron chi connectivity index (χ1n) is 9.38. The van der Waals surface area contributed by atoms with Gasteiger partial charge in [0.25, 0.3) is 0 Å². The molecule has 0 saturated carbocycles. The van der Waals surface area contributed by atoms with Crippen LogP contribution in [0.1, 0.15) is 48.3 Å². The molecule has 0 spiro atoms. The molecule has 27 heavy (non-hydrogen) atoms. The zero-order chi connectivity index (χ0) is 19.1. The average molecular weight is 380 g/mol. The van der Waals surface area contributed by atoms with Gasteiger partial charge >= 0.3 is 0 Å². The van der Waals surface area contributed by atoms with E-state index in [2.05, 4.69) is 0 Å². The van der Waals surface area contributed by atoms with Gasteiger partial charge in [-0.2, -0.15) is 0 Å². The standard InChI is InChI=1S/C23H22ClNO2/c1-14-9-11-16(12-10-14)17-13-22(27)25(19-6-3-5-18(24)15(19)2)20-7-4-8-21(26)23(17)20/h3,5-6,9-12,17H,4,7-8,13H2,1-2H3. The molecule has 1 atom stereocenters. The largest absolute Gasteiger partial charge is 0.294 e. The third-order valence-electron chi connectivity index (χ3n) is 5.63. The van der Waals surface area contributed by atoms with Crippen molar-refractivity contribution in [2.45, 2.75) is 45.4 Å². The first-order chi connectivity index (χ1) is 13.0. The highest BCUT2D eigenvalue weighted by molar-refractivity contribution is 6.31. The Labute approximate surface area is 164 Å². The second-order valence-corrected chi connectivity index (χ2v) is 7.82. The summed E-state index contributed by atoms with van der Waals surface area (Å²) in [5.41, 5.74) is 5.53. The van der Waals surface area contributed by atoms with Crippen LogP contribution < -0.4 is 4.90 Å². The van der Waals surface area contributed by atoms with Crippen LogP contribution >= 0.6 is 11.6 Å². The molecule has 1 amide bonds.